The molecule has 1 saturated carbocycles. The molecule has 1 N–H and O–H groups in total. The summed E-state index contributed by atoms with van der Waals surface area (Å²) in [7, 11) is 1.68. The van der Waals surface area contributed by atoms with E-state index in [4.69, 9.17) is 4.74 Å². The summed E-state index contributed by atoms with van der Waals surface area (Å²) in [6.45, 7) is 5.03. The van der Waals surface area contributed by atoms with Gasteiger partial charge in [-0.1, -0.05) is 6.92 Å². The van der Waals surface area contributed by atoms with Gasteiger partial charge < -0.3 is 10.1 Å². The Balaban J connectivity index is 2.48. The topological polar surface area (TPSA) is 21.3 Å². The molecular formula is C14H27F2NO. The number of hydrogen-bond donors (Lipinski definition) is 1. The summed E-state index contributed by atoms with van der Waals surface area (Å²) in [6, 6.07) is 0.189. The molecule has 0 aliphatic heterocycles. The second-order valence-electron chi connectivity index (χ2n) is 5.56. The molecule has 0 aromatic heterocycles. The van der Waals surface area contributed by atoms with E-state index in [1.165, 1.54) is 0 Å². The first-order chi connectivity index (χ1) is 8.48. The smallest absolute Gasteiger partial charge is 0.248 e. The Morgan fingerprint density at radius 2 is 2.17 bits per heavy atom. The highest BCUT2D eigenvalue weighted by atomic mass is 19.3. The zero-order valence-electron chi connectivity index (χ0n) is 11.8. The molecule has 0 aromatic rings. The van der Waals surface area contributed by atoms with E-state index in [2.05, 4.69) is 12.2 Å². The fraction of sp³-hybridized carbons (Fsp3) is 1.00. The molecule has 0 heterocycles. The Kier molecular flexibility index (Phi) is 6.50. The summed E-state index contributed by atoms with van der Waals surface area (Å²) in [4.78, 5) is 0. The van der Waals surface area contributed by atoms with Crippen molar-refractivity contribution in [3.8, 4) is 0 Å². The summed E-state index contributed by atoms with van der Waals surface area (Å²) in [5.74, 6) is -2.32. The quantitative estimate of drug-likeness (QED) is 0.757. The summed E-state index contributed by atoms with van der Waals surface area (Å²) in [6.07, 6.45) is 3.62. The number of hydrogen-bond acceptors (Lipinski definition) is 2. The average molecular weight is 263 g/mol. The van der Waals surface area contributed by atoms with Gasteiger partial charge in [0.05, 0.1) is 6.10 Å². The Morgan fingerprint density at radius 1 is 1.44 bits per heavy atom. The van der Waals surface area contributed by atoms with Gasteiger partial charge in [0.25, 0.3) is 0 Å². The van der Waals surface area contributed by atoms with E-state index in [0.717, 1.165) is 25.8 Å². The van der Waals surface area contributed by atoms with Crippen LogP contribution in [0.5, 0.6) is 0 Å². The van der Waals surface area contributed by atoms with Crippen molar-refractivity contribution in [2.24, 2.45) is 5.92 Å². The summed E-state index contributed by atoms with van der Waals surface area (Å²) in [5, 5.41) is 3.42. The Morgan fingerprint density at radius 3 is 2.72 bits per heavy atom. The molecule has 1 aliphatic rings. The standard InChI is InChI=1S/C14H27F2NO/c1-4-8-17-13(11(2)18-3)9-12-6-5-7-14(15,16)10-12/h11-13,17H,4-10H2,1-3H3. The fourth-order valence-corrected chi connectivity index (χ4v) is 2.77. The van der Waals surface area contributed by atoms with Crippen LogP contribution in [0.3, 0.4) is 0 Å². The molecule has 0 amide bonds. The van der Waals surface area contributed by atoms with Crippen LogP contribution in [0, 0.1) is 5.92 Å². The highest BCUT2D eigenvalue weighted by Gasteiger charge is 2.37. The summed E-state index contributed by atoms with van der Waals surface area (Å²) >= 11 is 0. The lowest BCUT2D eigenvalue weighted by Crippen LogP contribution is -2.42. The van der Waals surface area contributed by atoms with Gasteiger partial charge in [-0.2, -0.15) is 0 Å². The minimum Gasteiger partial charge on any atom is -0.380 e. The molecule has 3 atom stereocenters. The van der Waals surface area contributed by atoms with Crippen molar-refractivity contribution in [2.45, 2.75) is 70.4 Å². The molecular weight excluding hydrogens is 236 g/mol. The Labute approximate surface area is 109 Å². The van der Waals surface area contributed by atoms with Crippen molar-refractivity contribution in [2.75, 3.05) is 13.7 Å². The molecule has 1 fully saturated rings. The van der Waals surface area contributed by atoms with Gasteiger partial charge in [-0.25, -0.2) is 8.78 Å². The van der Waals surface area contributed by atoms with Gasteiger partial charge in [-0.3, -0.25) is 0 Å². The summed E-state index contributed by atoms with van der Waals surface area (Å²) < 4.78 is 32.1. The minimum absolute atomic E-state index is 0.0493. The largest absolute Gasteiger partial charge is 0.380 e. The van der Waals surface area contributed by atoms with Crippen molar-refractivity contribution >= 4 is 0 Å². The molecule has 18 heavy (non-hydrogen) atoms. The minimum atomic E-state index is -2.45. The maximum Gasteiger partial charge on any atom is 0.248 e. The Hall–Kier alpha value is -0.220. The van der Waals surface area contributed by atoms with Gasteiger partial charge in [0.1, 0.15) is 0 Å². The predicted octanol–water partition coefficient (Wildman–Crippen LogP) is 3.61. The van der Waals surface area contributed by atoms with Crippen molar-refractivity contribution < 1.29 is 13.5 Å². The highest BCUT2D eigenvalue weighted by Crippen LogP contribution is 2.38. The first-order valence-electron chi connectivity index (χ1n) is 7.12. The van der Waals surface area contributed by atoms with E-state index >= 15 is 0 Å². The van der Waals surface area contributed by atoms with E-state index < -0.39 is 5.92 Å². The summed E-state index contributed by atoms with van der Waals surface area (Å²) in [5.41, 5.74) is 0. The first kappa shape index (κ1) is 15.8. The van der Waals surface area contributed by atoms with Gasteiger partial charge in [0.2, 0.25) is 5.92 Å². The highest BCUT2D eigenvalue weighted by molar-refractivity contribution is 4.84. The normalized spacial score (nSPS) is 26.8. The molecule has 0 radical (unpaired) electrons. The number of rotatable bonds is 7. The molecule has 0 saturated heterocycles. The van der Waals surface area contributed by atoms with Crippen LogP contribution in [0.1, 0.15) is 52.4 Å². The molecule has 0 aromatic carbocycles. The van der Waals surface area contributed by atoms with E-state index in [1.807, 2.05) is 6.92 Å². The molecule has 0 bridgehead atoms. The molecule has 2 nitrogen and oxygen atoms in total. The third-order valence-corrected chi connectivity index (χ3v) is 3.92. The van der Waals surface area contributed by atoms with Crippen LogP contribution in [-0.2, 0) is 4.74 Å². The SMILES string of the molecule is CCCNC(CC1CCCC(F)(F)C1)C(C)OC. The van der Waals surface area contributed by atoms with Crippen LogP contribution in [0.15, 0.2) is 0 Å². The lowest BCUT2D eigenvalue weighted by atomic mass is 9.82. The molecule has 0 spiro atoms. The molecule has 3 unspecified atom stereocenters. The molecule has 4 heteroatoms. The number of nitrogens with one attached hydrogen (secondary N) is 1. The zero-order valence-corrected chi connectivity index (χ0v) is 11.8. The van der Waals surface area contributed by atoms with Gasteiger partial charge in [-0.15, -0.1) is 0 Å². The Bertz CT molecular complexity index is 236. The van der Waals surface area contributed by atoms with E-state index in [-0.39, 0.29) is 30.9 Å². The second-order valence-corrected chi connectivity index (χ2v) is 5.56. The maximum absolute atomic E-state index is 13.4. The van der Waals surface area contributed by atoms with E-state index in [9.17, 15) is 8.78 Å². The fourth-order valence-electron chi connectivity index (χ4n) is 2.77. The molecule has 1 aliphatic carbocycles. The molecule has 1 rings (SSSR count). The van der Waals surface area contributed by atoms with Crippen LogP contribution < -0.4 is 5.32 Å². The number of halogens is 2. The van der Waals surface area contributed by atoms with Crippen LogP contribution >= 0.6 is 0 Å². The zero-order chi connectivity index (χ0) is 13.6. The monoisotopic (exact) mass is 263 g/mol. The number of ether oxygens (including phenoxy) is 1. The molecule has 108 valence electrons. The maximum atomic E-state index is 13.4. The first-order valence-corrected chi connectivity index (χ1v) is 7.12. The van der Waals surface area contributed by atoms with E-state index in [0.29, 0.717) is 6.42 Å². The van der Waals surface area contributed by atoms with Crippen LogP contribution in [0.25, 0.3) is 0 Å². The van der Waals surface area contributed by atoms with Crippen LogP contribution in [0.4, 0.5) is 8.78 Å². The van der Waals surface area contributed by atoms with E-state index in [1.54, 1.807) is 7.11 Å². The van der Waals surface area contributed by atoms with Crippen molar-refractivity contribution in [1.29, 1.82) is 0 Å². The van der Waals surface area contributed by atoms with Gasteiger partial charge in [0, 0.05) is 26.0 Å². The van der Waals surface area contributed by atoms with Crippen molar-refractivity contribution in [1.82, 2.24) is 5.32 Å². The van der Waals surface area contributed by atoms with Crippen molar-refractivity contribution in [3.63, 3.8) is 0 Å². The lowest BCUT2D eigenvalue weighted by Gasteiger charge is -2.33. The van der Waals surface area contributed by atoms with Crippen molar-refractivity contribution in [3.05, 3.63) is 0 Å². The number of alkyl halides is 2. The predicted molar refractivity (Wildman–Crippen MR) is 70.1 cm³/mol. The van der Waals surface area contributed by atoms with Crippen LogP contribution in [0.2, 0.25) is 0 Å². The van der Waals surface area contributed by atoms with Gasteiger partial charge in [-0.05, 0) is 45.1 Å². The van der Waals surface area contributed by atoms with Gasteiger partial charge >= 0.3 is 0 Å². The lowest BCUT2D eigenvalue weighted by molar-refractivity contribution is -0.0574. The van der Waals surface area contributed by atoms with Gasteiger partial charge in [0.15, 0.2) is 0 Å². The number of methoxy groups -OCH3 is 1. The third-order valence-electron chi connectivity index (χ3n) is 3.92. The average Bonchev–Trinajstić information content (AvgIpc) is 2.32. The third kappa shape index (κ3) is 5.19. The second kappa shape index (κ2) is 7.39. The van der Waals surface area contributed by atoms with Crippen LogP contribution in [-0.4, -0.2) is 31.7 Å².